The van der Waals surface area contributed by atoms with Gasteiger partial charge in [0.15, 0.2) is 0 Å². The molecule has 0 bridgehead atoms. The van der Waals surface area contributed by atoms with Crippen LogP contribution in [0.5, 0.6) is 11.5 Å². The van der Waals surface area contributed by atoms with Crippen LogP contribution in [0.15, 0.2) is 22.7 Å². The van der Waals surface area contributed by atoms with Crippen LogP contribution >= 0.6 is 15.9 Å². The first kappa shape index (κ1) is 16.9. The van der Waals surface area contributed by atoms with E-state index in [0.29, 0.717) is 12.5 Å². The van der Waals surface area contributed by atoms with E-state index >= 15 is 0 Å². The van der Waals surface area contributed by atoms with Gasteiger partial charge < -0.3 is 19.5 Å². The van der Waals surface area contributed by atoms with Crippen LogP contribution in [-0.2, 0) is 4.74 Å². The highest BCUT2D eigenvalue weighted by molar-refractivity contribution is 9.10. The molecule has 0 spiro atoms. The number of amides is 1. The van der Waals surface area contributed by atoms with Gasteiger partial charge in [-0.3, -0.25) is 0 Å². The fourth-order valence-corrected chi connectivity index (χ4v) is 2.56. The van der Waals surface area contributed by atoms with Crippen molar-refractivity contribution in [3.8, 4) is 11.5 Å². The zero-order valence-electron chi connectivity index (χ0n) is 13.3. The van der Waals surface area contributed by atoms with Crippen molar-refractivity contribution in [2.75, 3.05) is 13.7 Å². The van der Waals surface area contributed by atoms with Crippen LogP contribution in [0.4, 0.5) is 4.79 Å². The quantitative estimate of drug-likeness (QED) is 0.855. The number of carbonyl (C=O) groups excluding carboxylic acids is 1. The molecule has 1 aromatic carbocycles. The molecule has 122 valence electrons. The number of alkyl carbamates (subject to hydrolysis) is 1. The van der Waals surface area contributed by atoms with E-state index in [1.54, 1.807) is 7.11 Å². The summed E-state index contributed by atoms with van der Waals surface area (Å²) in [5.74, 6) is 1.78. The summed E-state index contributed by atoms with van der Waals surface area (Å²) in [4.78, 5) is 11.7. The smallest absolute Gasteiger partial charge is 0.407 e. The third-order valence-electron chi connectivity index (χ3n) is 3.23. The number of nitrogens with one attached hydrogen (secondary N) is 1. The zero-order chi connectivity index (χ0) is 16.3. The minimum atomic E-state index is -0.476. The zero-order valence-corrected chi connectivity index (χ0v) is 14.9. The van der Waals surface area contributed by atoms with Gasteiger partial charge >= 0.3 is 6.09 Å². The van der Waals surface area contributed by atoms with E-state index in [2.05, 4.69) is 21.2 Å². The van der Waals surface area contributed by atoms with Crippen LogP contribution in [0.3, 0.4) is 0 Å². The van der Waals surface area contributed by atoms with Crippen molar-refractivity contribution in [2.24, 2.45) is 5.92 Å². The Bertz CT molecular complexity index is 541. The Morgan fingerprint density at radius 2 is 2.05 bits per heavy atom. The molecular formula is C16H22BrNO4. The fourth-order valence-electron chi connectivity index (χ4n) is 2.02. The van der Waals surface area contributed by atoms with Crippen molar-refractivity contribution in [3.63, 3.8) is 0 Å². The molecule has 2 rings (SSSR count). The Hall–Kier alpha value is -1.43. The van der Waals surface area contributed by atoms with Crippen LogP contribution in [-0.4, -0.2) is 31.5 Å². The van der Waals surface area contributed by atoms with Gasteiger partial charge in [0.25, 0.3) is 0 Å². The minimum absolute atomic E-state index is 0.124. The Balaban J connectivity index is 1.77. The van der Waals surface area contributed by atoms with Crippen molar-refractivity contribution >= 4 is 22.0 Å². The number of carbonyl (C=O) groups is 1. The first-order valence-corrected chi connectivity index (χ1v) is 8.04. The van der Waals surface area contributed by atoms with Gasteiger partial charge in [-0.1, -0.05) is 6.07 Å². The molecule has 0 heterocycles. The maximum Gasteiger partial charge on any atom is 0.407 e. The lowest BCUT2D eigenvalue weighted by Gasteiger charge is -2.19. The van der Waals surface area contributed by atoms with Gasteiger partial charge in [0.1, 0.15) is 21.6 Å². The molecule has 6 heteroatoms. The highest BCUT2D eigenvalue weighted by Gasteiger charge is 2.40. The van der Waals surface area contributed by atoms with Gasteiger partial charge in [-0.05, 0) is 55.3 Å². The molecule has 0 radical (unpaired) electrons. The van der Waals surface area contributed by atoms with Crippen molar-refractivity contribution in [2.45, 2.75) is 38.8 Å². The third kappa shape index (κ3) is 4.80. The SMILES string of the molecule is COc1cccc(OCC2CC2NC(=O)OC(C)(C)C)c1Br. The Morgan fingerprint density at radius 3 is 2.68 bits per heavy atom. The number of hydrogen-bond acceptors (Lipinski definition) is 4. The molecule has 5 nitrogen and oxygen atoms in total. The third-order valence-corrected chi connectivity index (χ3v) is 4.01. The molecule has 1 N–H and O–H groups in total. The molecule has 2 unspecified atom stereocenters. The maximum absolute atomic E-state index is 11.7. The van der Waals surface area contributed by atoms with Crippen molar-refractivity contribution in [1.29, 1.82) is 0 Å². The summed E-state index contributed by atoms with van der Waals surface area (Å²) in [6, 6.07) is 5.74. The number of methoxy groups -OCH3 is 1. The van der Waals surface area contributed by atoms with Crippen molar-refractivity contribution in [1.82, 2.24) is 5.32 Å². The summed E-state index contributed by atoms with van der Waals surface area (Å²) >= 11 is 3.46. The van der Waals surface area contributed by atoms with Crippen molar-refractivity contribution < 1.29 is 19.0 Å². The molecule has 1 aliphatic rings. The molecule has 1 amide bonds. The summed E-state index contributed by atoms with van der Waals surface area (Å²) in [7, 11) is 1.62. The second-order valence-electron chi connectivity index (χ2n) is 6.33. The first-order chi connectivity index (χ1) is 10.3. The minimum Gasteiger partial charge on any atom is -0.495 e. The van der Waals surface area contributed by atoms with Crippen LogP contribution in [0.2, 0.25) is 0 Å². The topological polar surface area (TPSA) is 56.8 Å². The molecule has 1 fully saturated rings. The van der Waals surface area contributed by atoms with Gasteiger partial charge in [-0.25, -0.2) is 4.79 Å². The summed E-state index contributed by atoms with van der Waals surface area (Å²) < 4.78 is 17.1. The molecule has 1 aromatic rings. The highest BCUT2D eigenvalue weighted by atomic mass is 79.9. The summed E-state index contributed by atoms with van der Waals surface area (Å²) in [6.45, 7) is 6.09. The highest BCUT2D eigenvalue weighted by Crippen LogP contribution is 2.36. The molecule has 0 saturated heterocycles. The summed E-state index contributed by atoms with van der Waals surface area (Å²) in [5.41, 5.74) is -0.476. The van der Waals surface area contributed by atoms with E-state index in [-0.39, 0.29) is 12.1 Å². The van der Waals surface area contributed by atoms with E-state index in [9.17, 15) is 4.79 Å². The van der Waals surface area contributed by atoms with E-state index < -0.39 is 5.60 Å². The monoisotopic (exact) mass is 371 g/mol. The van der Waals surface area contributed by atoms with Gasteiger partial charge in [0.2, 0.25) is 0 Å². The number of benzene rings is 1. The van der Waals surface area contributed by atoms with E-state index in [4.69, 9.17) is 14.2 Å². The largest absolute Gasteiger partial charge is 0.495 e. The molecule has 0 aliphatic heterocycles. The van der Waals surface area contributed by atoms with E-state index in [1.807, 2.05) is 39.0 Å². The molecule has 1 saturated carbocycles. The maximum atomic E-state index is 11.7. The predicted molar refractivity (Wildman–Crippen MR) is 87.5 cm³/mol. The average Bonchev–Trinajstić information content (AvgIpc) is 3.13. The summed E-state index contributed by atoms with van der Waals surface area (Å²) in [6.07, 6.45) is 0.531. The van der Waals surface area contributed by atoms with Crippen molar-refractivity contribution in [3.05, 3.63) is 22.7 Å². The molecule has 2 atom stereocenters. The van der Waals surface area contributed by atoms with Gasteiger partial charge in [-0.2, -0.15) is 0 Å². The molecule has 0 aromatic heterocycles. The van der Waals surface area contributed by atoms with Crippen LogP contribution in [0.25, 0.3) is 0 Å². The average molecular weight is 372 g/mol. The Kier molecular flexibility index (Phi) is 5.21. The second kappa shape index (κ2) is 6.77. The molecule has 1 aliphatic carbocycles. The first-order valence-electron chi connectivity index (χ1n) is 7.25. The Morgan fingerprint density at radius 1 is 1.36 bits per heavy atom. The lowest BCUT2D eigenvalue weighted by molar-refractivity contribution is 0.0519. The van der Waals surface area contributed by atoms with E-state index in [1.165, 1.54) is 0 Å². The van der Waals surface area contributed by atoms with Crippen LogP contribution < -0.4 is 14.8 Å². The van der Waals surface area contributed by atoms with Gasteiger partial charge in [0.05, 0.1) is 13.7 Å². The number of halogens is 1. The number of ether oxygens (including phenoxy) is 3. The predicted octanol–water partition coefficient (Wildman–Crippen LogP) is 3.75. The van der Waals surface area contributed by atoms with Gasteiger partial charge in [-0.15, -0.1) is 0 Å². The number of rotatable bonds is 5. The Labute approximate surface area is 139 Å². The number of hydrogen-bond donors (Lipinski definition) is 1. The fraction of sp³-hybridized carbons (Fsp3) is 0.562. The standard InChI is InChI=1S/C16H22BrNO4/c1-16(2,3)22-15(19)18-11-8-10(11)9-21-13-7-5-6-12(20-4)14(13)17/h5-7,10-11H,8-9H2,1-4H3,(H,18,19). The molecule has 22 heavy (non-hydrogen) atoms. The molecular weight excluding hydrogens is 350 g/mol. The second-order valence-corrected chi connectivity index (χ2v) is 7.12. The van der Waals surface area contributed by atoms with Crippen LogP contribution in [0.1, 0.15) is 27.2 Å². The summed E-state index contributed by atoms with van der Waals surface area (Å²) in [5, 5.41) is 2.86. The lowest BCUT2D eigenvalue weighted by atomic mass is 10.2. The lowest BCUT2D eigenvalue weighted by Crippen LogP contribution is -2.34. The van der Waals surface area contributed by atoms with Crippen LogP contribution in [0, 0.1) is 5.92 Å². The van der Waals surface area contributed by atoms with Gasteiger partial charge in [0, 0.05) is 12.0 Å². The van der Waals surface area contributed by atoms with E-state index in [0.717, 1.165) is 22.4 Å². The normalized spacial score (nSPS) is 20.2.